The molecule has 0 aromatic heterocycles. The van der Waals surface area contributed by atoms with Crippen molar-refractivity contribution in [3.63, 3.8) is 0 Å². The van der Waals surface area contributed by atoms with Crippen LogP contribution in [-0.4, -0.2) is 53.5 Å². The summed E-state index contributed by atoms with van der Waals surface area (Å²) in [5.74, 6) is -1.27. The van der Waals surface area contributed by atoms with Crippen molar-refractivity contribution in [3.8, 4) is 5.75 Å². The number of aliphatic carboxylic acids is 1. The van der Waals surface area contributed by atoms with Gasteiger partial charge in [0.25, 0.3) is 5.91 Å². The molecule has 0 saturated carbocycles. The molecule has 1 N–H and O–H groups in total. The van der Waals surface area contributed by atoms with Crippen LogP contribution in [0.4, 0.5) is 0 Å². The Hall–Kier alpha value is -2.28. The normalized spacial score (nSPS) is 17.6. The number of ketones is 1. The Morgan fingerprint density at radius 3 is 2.39 bits per heavy atom. The van der Waals surface area contributed by atoms with Gasteiger partial charge in [-0.2, -0.15) is 0 Å². The van der Waals surface area contributed by atoms with E-state index in [0.29, 0.717) is 11.3 Å². The van der Waals surface area contributed by atoms with E-state index in [1.54, 1.807) is 37.6 Å². The fourth-order valence-corrected chi connectivity index (χ4v) is 3.42. The molecule has 1 heterocycles. The second-order valence-corrected chi connectivity index (χ2v) is 5.94. The molecule has 0 radical (unpaired) electrons. The van der Waals surface area contributed by atoms with Crippen LogP contribution in [0.25, 0.3) is 0 Å². The van der Waals surface area contributed by atoms with E-state index in [4.69, 9.17) is 9.84 Å². The number of carbonyl (C=O) groups excluding carboxylic acids is 2. The molecule has 1 aromatic carbocycles. The van der Waals surface area contributed by atoms with Crippen molar-refractivity contribution in [2.24, 2.45) is 0 Å². The highest BCUT2D eigenvalue weighted by Crippen LogP contribution is 2.35. The first-order valence-corrected chi connectivity index (χ1v) is 8.13. The Bertz CT molecular complexity index is 680. The van der Waals surface area contributed by atoms with E-state index < -0.39 is 23.7 Å². The van der Waals surface area contributed by atoms with Crippen LogP contribution in [0.5, 0.6) is 5.75 Å². The second-order valence-electron chi connectivity index (χ2n) is 5.02. The smallest absolute Gasteiger partial charge is 0.308 e. The van der Waals surface area contributed by atoms with Gasteiger partial charge in [-0.1, -0.05) is 0 Å². The molecule has 6 nitrogen and oxygen atoms in total. The van der Waals surface area contributed by atoms with Crippen molar-refractivity contribution < 1.29 is 24.2 Å². The summed E-state index contributed by atoms with van der Waals surface area (Å²) in [4.78, 5) is 37.5. The molecular weight excluding hydrogens is 318 g/mol. The van der Waals surface area contributed by atoms with E-state index >= 15 is 0 Å². The number of methoxy groups -OCH3 is 1. The summed E-state index contributed by atoms with van der Waals surface area (Å²) in [7, 11) is 3.10. The second kappa shape index (κ2) is 6.87. The Kier molecular flexibility index (Phi) is 5.10. The number of rotatable bonds is 6. The minimum atomic E-state index is -1.14. The Labute approximate surface area is 138 Å². The lowest BCUT2D eigenvalue weighted by atomic mass is 9.98. The molecule has 1 aromatic rings. The number of nitrogens with zero attached hydrogens (tertiary/aromatic N) is 1. The summed E-state index contributed by atoms with van der Waals surface area (Å²) in [6, 6.07) is 6.51. The number of ether oxygens (including phenoxy) is 1. The average Bonchev–Trinajstić information content (AvgIpc) is 2.78. The van der Waals surface area contributed by atoms with Gasteiger partial charge in [0.15, 0.2) is 5.78 Å². The minimum absolute atomic E-state index is 0.0557. The van der Waals surface area contributed by atoms with Gasteiger partial charge in [0.2, 0.25) is 0 Å². The first-order valence-electron chi connectivity index (χ1n) is 6.84. The van der Waals surface area contributed by atoms with Crippen LogP contribution in [0, 0.1) is 0 Å². The number of thioether (sulfide) groups is 1. The molecule has 7 heteroatoms. The molecule has 23 heavy (non-hydrogen) atoms. The van der Waals surface area contributed by atoms with Crippen LogP contribution in [-0.2, 0) is 9.59 Å². The molecule has 1 amide bonds. The van der Waals surface area contributed by atoms with E-state index in [2.05, 4.69) is 0 Å². The van der Waals surface area contributed by atoms with Gasteiger partial charge in [-0.3, -0.25) is 14.4 Å². The number of benzene rings is 1. The van der Waals surface area contributed by atoms with E-state index in [0.717, 1.165) is 0 Å². The maximum Gasteiger partial charge on any atom is 0.308 e. The number of hydrogen-bond acceptors (Lipinski definition) is 5. The Balaban J connectivity index is 2.48. The van der Waals surface area contributed by atoms with Crippen LogP contribution in [0.3, 0.4) is 0 Å². The molecule has 0 spiro atoms. The zero-order valence-corrected chi connectivity index (χ0v) is 13.8. The van der Waals surface area contributed by atoms with E-state index in [9.17, 15) is 14.4 Å². The molecule has 0 aliphatic carbocycles. The largest absolute Gasteiger partial charge is 0.497 e. The van der Waals surface area contributed by atoms with Crippen molar-refractivity contribution in [1.29, 1.82) is 0 Å². The van der Waals surface area contributed by atoms with E-state index in [-0.39, 0.29) is 16.9 Å². The first-order chi connectivity index (χ1) is 10.9. The molecule has 0 unspecified atom stereocenters. The predicted octanol–water partition coefficient (Wildman–Crippen LogP) is 1.81. The lowest BCUT2D eigenvalue weighted by molar-refractivity contribution is -0.137. The van der Waals surface area contributed by atoms with Gasteiger partial charge >= 0.3 is 5.97 Å². The van der Waals surface area contributed by atoms with E-state index in [1.165, 1.54) is 23.8 Å². The molecule has 0 bridgehead atoms. The van der Waals surface area contributed by atoms with Gasteiger partial charge in [-0.25, -0.2) is 0 Å². The summed E-state index contributed by atoms with van der Waals surface area (Å²) in [5.41, 5.74) is 0.698. The monoisotopic (exact) mass is 335 g/mol. The topological polar surface area (TPSA) is 83.9 Å². The minimum Gasteiger partial charge on any atom is -0.497 e. The highest BCUT2D eigenvalue weighted by atomic mass is 32.2. The average molecular weight is 335 g/mol. The van der Waals surface area contributed by atoms with Crippen molar-refractivity contribution in [2.75, 3.05) is 20.4 Å². The first kappa shape index (κ1) is 17.1. The summed E-state index contributed by atoms with van der Waals surface area (Å²) >= 11 is 1.32. The summed E-state index contributed by atoms with van der Waals surface area (Å²) in [5, 5.41) is 8.56. The van der Waals surface area contributed by atoms with Gasteiger partial charge in [0.05, 0.1) is 13.5 Å². The van der Waals surface area contributed by atoms with Crippen LogP contribution >= 0.6 is 11.8 Å². The molecule has 1 aliphatic rings. The summed E-state index contributed by atoms with van der Waals surface area (Å²) in [6.45, 7) is 0. The lowest BCUT2D eigenvalue weighted by Gasteiger charge is -2.20. The summed E-state index contributed by atoms with van der Waals surface area (Å²) in [6.07, 6.45) is 1.32. The molecule has 122 valence electrons. The highest BCUT2D eigenvalue weighted by Gasteiger charge is 2.40. The molecule has 0 saturated heterocycles. The number of carboxylic acids is 1. The van der Waals surface area contributed by atoms with E-state index in [1.807, 2.05) is 0 Å². The predicted molar refractivity (Wildman–Crippen MR) is 86.7 cm³/mol. The van der Waals surface area contributed by atoms with Crippen molar-refractivity contribution in [1.82, 2.24) is 4.90 Å². The fourth-order valence-electron chi connectivity index (χ4n) is 2.52. The highest BCUT2D eigenvalue weighted by molar-refractivity contribution is 7.99. The van der Waals surface area contributed by atoms with Gasteiger partial charge in [0.1, 0.15) is 11.1 Å². The molecule has 1 atom stereocenters. The SMILES string of the molecule is COc1ccc(C(=O)C2=C(CC(=O)O)C(=O)N(C)[C@H]2SC)cc1. The molecule has 0 fully saturated rings. The van der Waals surface area contributed by atoms with Crippen molar-refractivity contribution >= 4 is 29.4 Å². The Morgan fingerprint density at radius 2 is 1.91 bits per heavy atom. The summed E-state index contributed by atoms with van der Waals surface area (Å²) < 4.78 is 5.06. The lowest BCUT2D eigenvalue weighted by Crippen LogP contribution is -2.30. The number of carboxylic acid groups (broad SMARTS) is 1. The van der Waals surface area contributed by atoms with Gasteiger partial charge in [-0.05, 0) is 30.5 Å². The Morgan fingerprint density at radius 1 is 1.30 bits per heavy atom. The van der Waals surface area contributed by atoms with Crippen molar-refractivity contribution in [2.45, 2.75) is 11.8 Å². The number of likely N-dealkylation sites (N-methyl/N-ethyl adjacent to an activating group) is 1. The van der Waals surface area contributed by atoms with Crippen LogP contribution < -0.4 is 4.74 Å². The molecule has 1 aliphatic heterocycles. The zero-order valence-electron chi connectivity index (χ0n) is 13.0. The standard InChI is InChI=1S/C16H17NO5S/c1-17-15(21)11(8-12(18)19)13(16(17)23-3)14(20)9-4-6-10(22-2)7-5-9/h4-7,16H,8H2,1-3H3,(H,18,19)/t16-/m0/s1. The third-order valence-electron chi connectivity index (χ3n) is 3.65. The zero-order chi connectivity index (χ0) is 17.1. The molecule has 2 rings (SSSR count). The van der Waals surface area contributed by atoms with Gasteiger partial charge < -0.3 is 14.7 Å². The number of Topliss-reactive ketones (excluding diaryl/α,β-unsaturated/α-hetero) is 1. The quantitative estimate of drug-likeness (QED) is 0.798. The number of amides is 1. The third-order valence-corrected chi connectivity index (χ3v) is 4.65. The van der Waals surface area contributed by atoms with Crippen LogP contribution in [0.15, 0.2) is 35.4 Å². The molecular formula is C16H17NO5S. The fraction of sp³-hybridized carbons (Fsp3) is 0.312. The van der Waals surface area contributed by atoms with Crippen LogP contribution in [0.2, 0.25) is 0 Å². The number of hydrogen-bond donors (Lipinski definition) is 1. The van der Waals surface area contributed by atoms with Crippen LogP contribution in [0.1, 0.15) is 16.8 Å². The maximum atomic E-state index is 12.8. The maximum absolute atomic E-state index is 12.8. The van der Waals surface area contributed by atoms with Gasteiger partial charge in [-0.15, -0.1) is 11.8 Å². The van der Waals surface area contributed by atoms with Crippen molar-refractivity contribution in [3.05, 3.63) is 41.0 Å². The van der Waals surface area contributed by atoms with Gasteiger partial charge in [0, 0.05) is 23.8 Å². The third kappa shape index (κ3) is 3.24. The number of carbonyl (C=O) groups is 3.